The summed E-state index contributed by atoms with van der Waals surface area (Å²) >= 11 is 6.69. The van der Waals surface area contributed by atoms with E-state index in [0.717, 1.165) is 19.3 Å². The van der Waals surface area contributed by atoms with E-state index in [0.29, 0.717) is 6.54 Å². The lowest BCUT2D eigenvalue weighted by atomic mass is 10.4. The minimum Gasteiger partial charge on any atom is -0.320 e. The first-order valence-corrected chi connectivity index (χ1v) is 8.94. The number of hydrogen-bond acceptors (Lipinski definition) is 7. The molecule has 0 aromatic carbocycles. The maximum atomic E-state index is 5.34. The summed E-state index contributed by atoms with van der Waals surface area (Å²) in [5.41, 5.74) is 5.34. The molecule has 94 valence electrons. The zero-order valence-electron chi connectivity index (χ0n) is 9.67. The van der Waals surface area contributed by atoms with Gasteiger partial charge in [-0.05, 0) is 18.4 Å². The molecule has 2 aromatic heterocycles. The molecule has 0 saturated heterocycles. The van der Waals surface area contributed by atoms with Gasteiger partial charge in [-0.25, -0.2) is 0 Å². The molecule has 0 spiro atoms. The van der Waals surface area contributed by atoms with Gasteiger partial charge in [0.25, 0.3) is 0 Å². The molecule has 0 atom stereocenters. The molecule has 0 unspecified atom stereocenters. The summed E-state index contributed by atoms with van der Waals surface area (Å²) in [5, 5.41) is 8.20. The largest absolute Gasteiger partial charge is 0.320 e. The maximum Gasteiger partial charge on any atom is 0.175 e. The van der Waals surface area contributed by atoms with Crippen molar-refractivity contribution in [2.45, 2.75) is 14.4 Å². The second-order valence-corrected chi connectivity index (χ2v) is 7.52. The Morgan fingerprint density at radius 1 is 1.28 bits per heavy atom. The number of thioether (sulfide) groups is 2. The lowest BCUT2D eigenvalue weighted by Gasteiger charge is -1.91. The van der Waals surface area contributed by atoms with Crippen LogP contribution in [0.1, 0.15) is 9.75 Å². The third kappa shape index (κ3) is 4.00. The summed E-state index contributed by atoms with van der Waals surface area (Å²) in [5.74, 6) is 6.82. The van der Waals surface area contributed by atoms with Crippen LogP contribution in [-0.4, -0.2) is 23.0 Å². The van der Waals surface area contributed by atoms with Gasteiger partial charge in [0.1, 0.15) is 0 Å². The van der Waals surface area contributed by atoms with Crippen LogP contribution in [0.3, 0.4) is 0 Å². The first-order valence-electron chi connectivity index (χ1n) is 5.09. The molecule has 2 heterocycles. The predicted molar refractivity (Wildman–Crippen MR) is 81.5 cm³/mol. The molecule has 0 aliphatic heterocycles. The van der Waals surface area contributed by atoms with E-state index in [4.69, 9.17) is 5.73 Å². The highest BCUT2D eigenvalue weighted by atomic mass is 32.2. The molecule has 3 nitrogen and oxygen atoms in total. The molecule has 0 aliphatic carbocycles. The van der Waals surface area contributed by atoms with Crippen molar-refractivity contribution in [3.63, 3.8) is 0 Å². The first kappa shape index (κ1) is 13.9. The Morgan fingerprint density at radius 3 is 2.83 bits per heavy atom. The van der Waals surface area contributed by atoms with Crippen molar-refractivity contribution in [3.05, 3.63) is 21.9 Å². The summed E-state index contributed by atoms with van der Waals surface area (Å²) in [7, 11) is 0. The van der Waals surface area contributed by atoms with Crippen molar-refractivity contribution < 1.29 is 0 Å². The van der Waals surface area contributed by atoms with Crippen LogP contribution in [0.5, 0.6) is 0 Å². The van der Waals surface area contributed by atoms with Crippen molar-refractivity contribution >= 4 is 46.2 Å². The lowest BCUT2D eigenvalue weighted by molar-refractivity contribution is 0.956. The van der Waals surface area contributed by atoms with Crippen molar-refractivity contribution in [3.8, 4) is 11.8 Å². The Hall–Kier alpha value is -0.520. The third-order valence-electron chi connectivity index (χ3n) is 1.88. The molecule has 7 heteroatoms. The van der Waals surface area contributed by atoms with E-state index in [1.54, 1.807) is 46.2 Å². The number of hydrogen-bond donors (Lipinski definition) is 1. The van der Waals surface area contributed by atoms with Gasteiger partial charge in [0.15, 0.2) is 8.68 Å². The van der Waals surface area contributed by atoms with Crippen molar-refractivity contribution in [2.24, 2.45) is 5.73 Å². The summed E-state index contributed by atoms with van der Waals surface area (Å²) < 4.78 is 2.03. The maximum absolute atomic E-state index is 5.34. The third-order valence-corrected chi connectivity index (χ3v) is 6.14. The first-order chi connectivity index (χ1) is 8.81. The summed E-state index contributed by atoms with van der Waals surface area (Å²) in [6.07, 6.45) is 2.01. The summed E-state index contributed by atoms with van der Waals surface area (Å²) in [4.78, 5) is 2.36. The molecule has 0 aliphatic rings. The minimum atomic E-state index is 0.407. The van der Waals surface area contributed by atoms with Gasteiger partial charge in [-0.2, -0.15) is 0 Å². The Morgan fingerprint density at radius 2 is 2.11 bits per heavy atom. The van der Waals surface area contributed by atoms with Gasteiger partial charge in [0.2, 0.25) is 0 Å². The molecule has 0 saturated carbocycles. The van der Waals surface area contributed by atoms with E-state index < -0.39 is 0 Å². The highest BCUT2D eigenvalue weighted by Crippen LogP contribution is 2.31. The van der Waals surface area contributed by atoms with Gasteiger partial charge >= 0.3 is 0 Å². The topological polar surface area (TPSA) is 51.8 Å². The minimum absolute atomic E-state index is 0.407. The fraction of sp³-hybridized carbons (Fsp3) is 0.273. The Bertz CT molecular complexity index is 564. The highest BCUT2D eigenvalue weighted by Gasteiger charge is 2.05. The van der Waals surface area contributed by atoms with Gasteiger partial charge in [-0.15, -0.1) is 21.5 Å². The molecule has 18 heavy (non-hydrogen) atoms. The van der Waals surface area contributed by atoms with E-state index >= 15 is 0 Å². The van der Waals surface area contributed by atoms with E-state index in [9.17, 15) is 0 Å². The van der Waals surface area contributed by atoms with Gasteiger partial charge in [0.05, 0.1) is 11.4 Å². The zero-order valence-corrected chi connectivity index (χ0v) is 12.9. The highest BCUT2D eigenvalue weighted by molar-refractivity contribution is 8.02. The van der Waals surface area contributed by atoms with Crippen LogP contribution in [-0.2, 0) is 5.75 Å². The predicted octanol–water partition coefficient (Wildman–Crippen LogP) is 2.92. The Labute approximate surface area is 123 Å². The van der Waals surface area contributed by atoms with Crippen molar-refractivity contribution in [1.29, 1.82) is 0 Å². The number of thiophene rings is 1. The van der Waals surface area contributed by atoms with Crippen LogP contribution in [0.15, 0.2) is 20.8 Å². The average molecular weight is 313 g/mol. The molecular weight excluding hydrogens is 302 g/mol. The van der Waals surface area contributed by atoms with Crippen LogP contribution < -0.4 is 5.73 Å². The second-order valence-electron chi connectivity index (χ2n) is 3.10. The number of nitrogens with two attached hydrogens (primary N) is 1. The second kappa shape index (κ2) is 7.16. The fourth-order valence-electron chi connectivity index (χ4n) is 1.13. The molecule has 2 N–H and O–H groups in total. The molecule has 2 aromatic rings. The van der Waals surface area contributed by atoms with Gasteiger partial charge in [-0.1, -0.05) is 46.7 Å². The number of aromatic nitrogens is 2. The van der Waals surface area contributed by atoms with Crippen LogP contribution >= 0.6 is 46.2 Å². The van der Waals surface area contributed by atoms with Crippen LogP contribution in [0.2, 0.25) is 0 Å². The normalized spacial score (nSPS) is 10.1. The molecular formula is C11H11N3S4. The van der Waals surface area contributed by atoms with E-state index in [1.807, 2.05) is 12.3 Å². The summed E-state index contributed by atoms with van der Waals surface area (Å²) in [6, 6.07) is 4.14. The van der Waals surface area contributed by atoms with Crippen LogP contribution in [0.4, 0.5) is 0 Å². The van der Waals surface area contributed by atoms with E-state index in [-0.39, 0.29) is 0 Å². The smallest absolute Gasteiger partial charge is 0.175 e. The molecule has 0 amide bonds. The van der Waals surface area contributed by atoms with Gasteiger partial charge in [0, 0.05) is 10.6 Å². The van der Waals surface area contributed by atoms with E-state index in [2.05, 4.69) is 28.1 Å². The van der Waals surface area contributed by atoms with Gasteiger partial charge in [-0.3, -0.25) is 0 Å². The van der Waals surface area contributed by atoms with Crippen molar-refractivity contribution in [1.82, 2.24) is 10.2 Å². The number of nitrogens with zero attached hydrogens (tertiary/aromatic N) is 2. The molecule has 0 radical (unpaired) electrons. The Kier molecular flexibility index (Phi) is 5.53. The van der Waals surface area contributed by atoms with Crippen LogP contribution in [0, 0.1) is 11.8 Å². The van der Waals surface area contributed by atoms with E-state index in [1.165, 1.54) is 4.88 Å². The quantitative estimate of drug-likeness (QED) is 0.695. The van der Waals surface area contributed by atoms with Gasteiger partial charge < -0.3 is 5.73 Å². The fourth-order valence-corrected chi connectivity index (χ4v) is 4.50. The summed E-state index contributed by atoms with van der Waals surface area (Å²) in [6.45, 7) is 0.407. The monoisotopic (exact) mass is 313 g/mol. The zero-order chi connectivity index (χ0) is 12.8. The average Bonchev–Trinajstić information content (AvgIpc) is 3.03. The van der Waals surface area contributed by atoms with Crippen LogP contribution in [0.25, 0.3) is 0 Å². The lowest BCUT2D eigenvalue weighted by Crippen LogP contribution is -1.92. The molecule has 0 bridgehead atoms. The Balaban J connectivity index is 1.91. The number of rotatable bonds is 4. The van der Waals surface area contributed by atoms with Crippen molar-refractivity contribution in [2.75, 3.05) is 12.8 Å². The molecule has 0 fully saturated rings. The SMILES string of the molecule is CSc1nnc(SCc2ccc(C#CCN)s2)s1. The standard InChI is InChI=1S/C11H11N3S4/c1-15-10-13-14-11(18-10)16-7-9-5-4-8(17-9)3-2-6-12/h4-5H,6-7,12H2,1H3. The molecule has 2 rings (SSSR count).